The van der Waals surface area contributed by atoms with Crippen molar-refractivity contribution in [2.45, 2.75) is 13.8 Å². The van der Waals surface area contributed by atoms with Gasteiger partial charge in [-0.15, -0.1) is 0 Å². The van der Waals surface area contributed by atoms with Crippen LogP contribution in [0.5, 0.6) is 5.75 Å². The van der Waals surface area contributed by atoms with Crippen LogP contribution in [-0.2, 0) is 0 Å². The van der Waals surface area contributed by atoms with Crippen molar-refractivity contribution in [2.24, 2.45) is 5.73 Å². The molecular weight excluding hydrogens is 244 g/mol. The smallest absolute Gasteiger partial charge is 0.321 e. The van der Waals surface area contributed by atoms with E-state index in [1.807, 2.05) is 13.8 Å². The van der Waals surface area contributed by atoms with Gasteiger partial charge in [0.2, 0.25) is 0 Å². The minimum Gasteiger partial charge on any atom is -0.484 e. The van der Waals surface area contributed by atoms with Crippen LogP contribution in [0.1, 0.15) is 13.8 Å². The van der Waals surface area contributed by atoms with Gasteiger partial charge in [-0.3, -0.25) is 5.41 Å². The number of nitrogens with zero attached hydrogens (tertiary/aromatic N) is 1. The Bertz CT molecular complexity index is 444. The van der Waals surface area contributed by atoms with E-state index in [2.05, 4.69) is 5.32 Å². The van der Waals surface area contributed by atoms with Gasteiger partial charge in [-0.05, 0) is 26.0 Å². The predicted octanol–water partition coefficient (Wildman–Crippen LogP) is 1.88. The molecule has 0 aliphatic carbocycles. The number of carbonyl (C=O) groups is 1. The van der Waals surface area contributed by atoms with E-state index >= 15 is 0 Å². The molecule has 0 spiro atoms. The van der Waals surface area contributed by atoms with Crippen molar-refractivity contribution in [1.82, 2.24) is 4.90 Å². The summed E-state index contributed by atoms with van der Waals surface area (Å²) >= 11 is 0. The summed E-state index contributed by atoms with van der Waals surface area (Å²) in [6.45, 7) is 5.11. The zero-order valence-corrected chi connectivity index (χ0v) is 11.3. The summed E-state index contributed by atoms with van der Waals surface area (Å²) in [5.41, 5.74) is 5.82. The second-order valence-corrected chi connectivity index (χ2v) is 3.91. The van der Waals surface area contributed by atoms with Crippen molar-refractivity contribution in [3.05, 3.63) is 24.3 Å². The van der Waals surface area contributed by atoms with Gasteiger partial charge in [0.1, 0.15) is 18.2 Å². The molecule has 0 saturated carbocycles. The molecule has 2 amide bonds. The van der Waals surface area contributed by atoms with E-state index in [9.17, 15) is 4.79 Å². The number of nitrogens with two attached hydrogens (primary N) is 1. The number of para-hydroxylation sites is 2. The van der Waals surface area contributed by atoms with Gasteiger partial charge in [-0.2, -0.15) is 0 Å². The Hall–Kier alpha value is -2.24. The number of carbonyl (C=O) groups excluding carboxylic acids is 1. The molecule has 0 saturated heterocycles. The van der Waals surface area contributed by atoms with Crippen LogP contribution >= 0.6 is 0 Å². The van der Waals surface area contributed by atoms with E-state index in [0.29, 0.717) is 24.5 Å². The molecule has 0 aromatic heterocycles. The molecule has 0 atom stereocenters. The average molecular weight is 264 g/mol. The highest BCUT2D eigenvalue weighted by atomic mass is 16.5. The lowest BCUT2D eigenvalue weighted by Gasteiger charge is -2.20. The zero-order valence-electron chi connectivity index (χ0n) is 11.3. The average Bonchev–Trinajstić information content (AvgIpc) is 2.39. The molecular formula is C13H20N4O2. The Morgan fingerprint density at radius 2 is 2.00 bits per heavy atom. The molecule has 0 bridgehead atoms. The van der Waals surface area contributed by atoms with E-state index < -0.39 is 0 Å². The number of hydrogen-bond donors (Lipinski definition) is 3. The summed E-state index contributed by atoms with van der Waals surface area (Å²) in [5, 5.41) is 9.93. The third kappa shape index (κ3) is 4.50. The second-order valence-electron chi connectivity index (χ2n) is 3.91. The number of amides is 2. The minimum absolute atomic E-state index is 0.00183. The van der Waals surface area contributed by atoms with Crippen LogP contribution < -0.4 is 15.8 Å². The molecule has 0 fully saturated rings. The summed E-state index contributed by atoms with van der Waals surface area (Å²) in [6, 6.07) is 6.89. The van der Waals surface area contributed by atoms with Gasteiger partial charge in [0, 0.05) is 13.1 Å². The summed E-state index contributed by atoms with van der Waals surface area (Å²) in [4.78, 5) is 13.6. The maximum absolute atomic E-state index is 12.0. The van der Waals surface area contributed by atoms with Gasteiger partial charge in [0.05, 0.1) is 5.69 Å². The molecule has 1 rings (SSSR count). The van der Waals surface area contributed by atoms with Crippen molar-refractivity contribution in [2.75, 3.05) is 25.0 Å². The SMILES string of the molecule is CCN(CC)C(=O)Nc1ccccc1OCC(=N)N. The summed E-state index contributed by atoms with van der Waals surface area (Å²) < 4.78 is 5.36. The van der Waals surface area contributed by atoms with Crippen LogP contribution in [-0.4, -0.2) is 36.5 Å². The number of rotatable bonds is 6. The lowest BCUT2D eigenvalue weighted by molar-refractivity contribution is 0.217. The molecule has 0 radical (unpaired) electrons. The molecule has 0 aliphatic heterocycles. The fourth-order valence-corrected chi connectivity index (χ4v) is 1.56. The van der Waals surface area contributed by atoms with Gasteiger partial charge >= 0.3 is 6.03 Å². The van der Waals surface area contributed by atoms with Gasteiger partial charge in [0.15, 0.2) is 0 Å². The van der Waals surface area contributed by atoms with E-state index in [1.54, 1.807) is 29.2 Å². The van der Waals surface area contributed by atoms with Gasteiger partial charge in [-0.25, -0.2) is 4.79 Å². The minimum atomic E-state index is -0.177. The Kier molecular flexibility index (Phi) is 5.66. The van der Waals surface area contributed by atoms with Crippen LogP contribution in [0.15, 0.2) is 24.3 Å². The second kappa shape index (κ2) is 7.25. The van der Waals surface area contributed by atoms with Crippen molar-refractivity contribution in [3.8, 4) is 5.75 Å². The highest BCUT2D eigenvalue weighted by molar-refractivity contribution is 5.91. The quantitative estimate of drug-likeness (QED) is 0.541. The van der Waals surface area contributed by atoms with E-state index in [1.165, 1.54) is 0 Å². The van der Waals surface area contributed by atoms with Crippen molar-refractivity contribution < 1.29 is 9.53 Å². The number of anilines is 1. The molecule has 1 aromatic carbocycles. The number of urea groups is 1. The largest absolute Gasteiger partial charge is 0.484 e. The molecule has 19 heavy (non-hydrogen) atoms. The number of amidine groups is 1. The van der Waals surface area contributed by atoms with Gasteiger partial charge in [-0.1, -0.05) is 12.1 Å². The molecule has 4 N–H and O–H groups in total. The maximum Gasteiger partial charge on any atom is 0.321 e. The lowest BCUT2D eigenvalue weighted by atomic mass is 10.3. The molecule has 6 nitrogen and oxygen atoms in total. The first-order valence-electron chi connectivity index (χ1n) is 6.19. The van der Waals surface area contributed by atoms with E-state index in [4.69, 9.17) is 15.9 Å². The van der Waals surface area contributed by atoms with Crippen molar-refractivity contribution in [3.63, 3.8) is 0 Å². The molecule has 6 heteroatoms. The van der Waals surface area contributed by atoms with Crippen molar-refractivity contribution in [1.29, 1.82) is 5.41 Å². The number of benzene rings is 1. The molecule has 0 unspecified atom stereocenters. The van der Waals surface area contributed by atoms with Crippen LogP contribution in [0.4, 0.5) is 10.5 Å². The number of nitrogens with one attached hydrogen (secondary N) is 2. The van der Waals surface area contributed by atoms with Crippen LogP contribution in [0, 0.1) is 5.41 Å². The topological polar surface area (TPSA) is 91.4 Å². The Morgan fingerprint density at radius 1 is 1.37 bits per heavy atom. The molecule has 0 heterocycles. The number of ether oxygens (including phenoxy) is 1. The van der Waals surface area contributed by atoms with E-state index in [0.717, 1.165) is 0 Å². The van der Waals surface area contributed by atoms with Gasteiger partial charge < -0.3 is 20.7 Å². The zero-order chi connectivity index (χ0) is 14.3. The fraction of sp³-hybridized carbons (Fsp3) is 0.385. The molecule has 1 aromatic rings. The first kappa shape index (κ1) is 14.8. The monoisotopic (exact) mass is 264 g/mol. The van der Waals surface area contributed by atoms with Crippen LogP contribution in [0.25, 0.3) is 0 Å². The normalized spacial score (nSPS) is 9.79. The summed E-state index contributed by atoms with van der Waals surface area (Å²) in [7, 11) is 0. The number of hydrogen-bond acceptors (Lipinski definition) is 3. The Balaban J connectivity index is 2.77. The van der Waals surface area contributed by atoms with Gasteiger partial charge in [0.25, 0.3) is 0 Å². The summed E-state index contributed by atoms with van der Waals surface area (Å²) in [6.07, 6.45) is 0. The lowest BCUT2D eigenvalue weighted by Crippen LogP contribution is -2.34. The first-order chi connectivity index (χ1) is 9.08. The van der Waals surface area contributed by atoms with E-state index in [-0.39, 0.29) is 18.5 Å². The first-order valence-corrected chi connectivity index (χ1v) is 6.19. The Labute approximate surface area is 113 Å². The van der Waals surface area contributed by atoms with Crippen molar-refractivity contribution >= 4 is 17.6 Å². The highest BCUT2D eigenvalue weighted by Crippen LogP contribution is 2.23. The fourth-order valence-electron chi connectivity index (χ4n) is 1.56. The third-order valence-corrected chi connectivity index (χ3v) is 2.56. The maximum atomic E-state index is 12.0. The summed E-state index contributed by atoms with van der Waals surface area (Å²) in [5.74, 6) is 0.433. The molecule has 104 valence electrons. The third-order valence-electron chi connectivity index (χ3n) is 2.56. The highest BCUT2D eigenvalue weighted by Gasteiger charge is 2.12. The Morgan fingerprint density at radius 3 is 2.58 bits per heavy atom. The van der Waals surface area contributed by atoms with Crippen LogP contribution in [0.3, 0.4) is 0 Å². The standard InChI is InChI=1S/C13H20N4O2/c1-3-17(4-2)13(18)16-10-7-5-6-8-11(10)19-9-12(14)15/h5-8H,3-4,9H2,1-2H3,(H3,14,15)(H,16,18). The molecule has 0 aliphatic rings. The predicted molar refractivity (Wildman–Crippen MR) is 75.8 cm³/mol. The van der Waals surface area contributed by atoms with Crippen LogP contribution in [0.2, 0.25) is 0 Å².